The molecule has 5 heteroatoms. The van der Waals surface area contributed by atoms with E-state index in [4.69, 9.17) is 0 Å². The van der Waals surface area contributed by atoms with Crippen LogP contribution in [0.4, 0.5) is 0 Å². The largest absolute Gasteiger partial charge is 0.268 e. The van der Waals surface area contributed by atoms with Gasteiger partial charge in [-0.3, -0.25) is 4.68 Å². The average Bonchev–Trinajstić information content (AvgIpc) is 2.76. The van der Waals surface area contributed by atoms with Crippen molar-refractivity contribution in [2.45, 2.75) is 33.7 Å². The molecule has 2 heterocycles. The maximum Gasteiger partial charge on any atom is 0.0797 e. The van der Waals surface area contributed by atoms with Crippen molar-refractivity contribution >= 4 is 27.3 Å². The summed E-state index contributed by atoms with van der Waals surface area (Å²) < 4.78 is 3.17. The van der Waals surface area contributed by atoms with Crippen LogP contribution in [0.5, 0.6) is 0 Å². The van der Waals surface area contributed by atoms with Crippen molar-refractivity contribution in [3.63, 3.8) is 0 Å². The molecular formula is C11H14BrN3S. The summed E-state index contributed by atoms with van der Waals surface area (Å²) in [6, 6.07) is 0. The standard InChI is InChI=1S/C11H14BrN3S/c1-7-10(16-6-13-7)4-5-15-9(3)11(12)8(2)14-15/h6H,4-5H2,1-3H3. The van der Waals surface area contributed by atoms with Crippen LogP contribution >= 0.6 is 27.3 Å². The molecule has 0 atom stereocenters. The molecule has 2 aromatic rings. The van der Waals surface area contributed by atoms with Crippen molar-refractivity contribution in [1.82, 2.24) is 14.8 Å². The third-order valence-electron chi connectivity index (χ3n) is 2.69. The molecule has 2 rings (SSSR count). The van der Waals surface area contributed by atoms with E-state index in [-0.39, 0.29) is 0 Å². The monoisotopic (exact) mass is 299 g/mol. The summed E-state index contributed by atoms with van der Waals surface area (Å²) in [5.74, 6) is 0. The molecule has 0 saturated heterocycles. The second-order valence-corrected chi connectivity index (χ2v) is 5.55. The average molecular weight is 300 g/mol. The molecule has 0 radical (unpaired) electrons. The summed E-state index contributed by atoms with van der Waals surface area (Å²) in [5.41, 5.74) is 5.30. The van der Waals surface area contributed by atoms with Gasteiger partial charge in [0.05, 0.1) is 21.4 Å². The molecule has 0 amide bonds. The molecule has 2 aromatic heterocycles. The SMILES string of the molecule is Cc1ncsc1CCn1nc(C)c(Br)c1C. The summed E-state index contributed by atoms with van der Waals surface area (Å²) in [5, 5.41) is 4.49. The van der Waals surface area contributed by atoms with Gasteiger partial charge in [-0.15, -0.1) is 11.3 Å². The molecule has 0 N–H and O–H groups in total. The van der Waals surface area contributed by atoms with E-state index in [0.29, 0.717) is 0 Å². The van der Waals surface area contributed by atoms with Gasteiger partial charge < -0.3 is 0 Å². The lowest BCUT2D eigenvalue weighted by Gasteiger charge is -2.03. The van der Waals surface area contributed by atoms with Crippen LogP contribution in [0.2, 0.25) is 0 Å². The Hall–Kier alpha value is -0.680. The van der Waals surface area contributed by atoms with Gasteiger partial charge in [-0.2, -0.15) is 5.10 Å². The van der Waals surface area contributed by atoms with E-state index in [2.05, 4.69) is 44.5 Å². The normalized spacial score (nSPS) is 11.0. The van der Waals surface area contributed by atoms with Crippen molar-refractivity contribution in [3.8, 4) is 0 Å². The first kappa shape index (κ1) is 11.8. The second kappa shape index (κ2) is 4.67. The predicted octanol–water partition coefficient (Wildman–Crippen LogP) is 3.27. The molecular weight excluding hydrogens is 286 g/mol. The Bertz CT molecular complexity index is 501. The molecule has 0 bridgehead atoms. The van der Waals surface area contributed by atoms with Gasteiger partial charge in [-0.05, 0) is 36.7 Å². The Morgan fingerprint density at radius 2 is 2.06 bits per heavy atom. The van der Waals surface area contributed by atoms with Gasteiger partial charge in [-0.25, -0.2) is 4.98 Å². The van der Waals surface area contributed by atoms with Gasteiger partial charge >= 0.3 is 0 Å². The third kappa shape index (κ3) is 2.20. The van der Waals surface area contributed by atoms with Crippen molar-refractivity contribution < 1.29 is 0 Å². The molecule has 16 heavy (non-hydrogen) atoms. The zero-order chi connectivity index (χ0) is 11.7. The number of halogens is 1. The maximum absolute atomic E-state index is 4.49. The molecule has 0 saturated carbocycles. The van der Waals surface area contributed by atoms with Crippen molar-refractivity contribution in [2.24, 2.45) is 0 Å². The number of aryl methyl sites for hydroxylation is 4. The molecule has 0 aliphatic heterocycles. The summed E-state index contributed by atoms with van der Waals surface area (Å²) in [6.45, 7) is 7.08. The van der Waals surface area contributed by atoms with E-state index in [9.17, 15) is 0 Å². The van der Waals surface area contributed by atoms with E-state index in [0.717, 1.165) is 28.8 Å². The van der Waals surface area contributed by atoms with Crippen LogP contribution in [0.15, 0.2) is 9.98 Å². The van der Waals surface area contributed by atoms with Crippen molar-refractivity contribution in [2.75, 3.05) is 0 Å². The summed E-state index contributed by atoms with van der Waals surface area (Å²) >= 11 is 5.26. The highest BCUT2D eigenvalue weighted by Gasteiger charge is 2.09. The van der Waals surface area contributed by atoms with Crippen molar-refractivity contribution in [3.05, 3.63) is 31.9 Å². The van der Waals surface area contributed by atoms with Gasteiger partial charge in [0, 0.05) is 23.5 Å². The minimum atomic E-state index is 0.918. The molecule has 0 fully saturated rings. The van der Waals surface area contributed by atoms with E-state index >= 15 is 0 Å². The molecule has 0 aliphatic rings. The van der Waals surface area contributed by atoms with Gasteiger partial charge in [0.1, 0.15) is 0 Å². The molecule has 86 valence electrons. The van der Waals surface area contributed by atoms with Crippen LogP contribution in [0.25, 0.3) is 0 Å². The fraction of sp³-hybridized carbons (Fsp3) is 0.455. The quantitative estimate of drug-likeness (QED) is 0.871. The lowest BCUT2D eigenvalue weighted by Crippen LogP contribution is -2.05. The van der Waals surface area contributed by atoms with Crippen molar-refractivity contribution in [1.29, 1.82) is 0 Å². The minimum Gasteiger partial charge on any atom is -0.268 e. The molecule has 0 aromatic carbocycles. The first-order valence-electron chi connectivity index (χ1n) is 5.18. The smallest absolute Gasteiger partial charge is 0.0797 e. The zero-order valence-electron chi connectivity index (χ0n) is 9.62. The maximum atomic E-state index is 4.49. The van der Waals surface area contributed by atoms with Crippen LogP contribution in [0.1, 0.15) is 22.0 Å². The summed E-state index contributed by atoms with van der Waals surface area (Å²) in [7, 11) is 0. The molecule has 3 nitrogen and oxygen atoms in total. The van der Waals surface area contributed by atoms with E-state index in [1.54, 1.807) is 11.3 Å². The summed E-state index contributed by atoms with van der Waals surface area (Å²) in [4.78, 5) is 5.60. The van der Waals surface area contributed by atoms with Gasteiger partial charge in [0.15, 0.2) is 0 Å². The van der Waals surface area contributed by atoms with Crippen LogP contribution in [0.3, 0.4) is 0 Å². The molecule has 0 aliphatic carbocycles. The Kier molecular flexibility index (Phi) is 3.44. The topological polar surface area (TPSA) is 30.7 Å². The highest BCUT2D eigenvalue weighted by Crippen LogP contribution is 2.21. The number of hydrogen-bond acceptors (Lipinski definition) is 3. The second-order valence-electron chi connectivity index (χ2n) is 3.82. The Labute approximate surface area is 108 Å². The Balaban J connectivity index is 2.11. The number of nitrogens with zero attached hydrogens (tertiary/aromatic N) is 3. The van der Waals surface area contributed by atoms with Gasteiger partial charge in [0.2, 0.25) is 0 Å². The highest BCUT2D eigenvalue weighted by molar-refractivity contribution is 9.10. The zero-order valence-corrected chi connectivity index (χ0v) is 12.0. The number of thiazole rings is 1. The van der Waals surface area contributed by atoms with Crippen LogP contribution < -0.4 is 0 Å². The highest BCUT2D eigenvalue weighted by atomic mass is 79.9. The first-order chi connectivity index (χ1) is 7.59. The van der Waals surface area contributed by atoms with Gasteiger partial charge in [0.25, 0.3) is 0 Å². The van der Waals surface area contributed by atoms with Gasteiger partial charge in [-0.1, -0.05) is 0 Å². The number of aromatic nitrogens is 3. The Morgan fingerprint density at radius 3 is 2.56 bits per heavy atom. The van der Waals surface area contributed by atoms with Crippen LogP contribution in [-0.4, -0.2) is 14.8 Å². The molecule has 0 unspecified atom stereocenters. The number of hydrogen-bond donors (Lipinski definition) is 0. The van der Waals surface area contributed by atoms with Crippen LogP contribution in [-0.2, 0) is 13.0 Å². The summed E-state index contributed by atoms with van der Waals surface area (Å²) in [6.07, 6.45) is 1.00. The first-order valence-corrected chi connectivity index (χ1v) is 6.85. The lowest BCUT2D eigenvalue weighted by atomic mass is 10.3. The number of rotatable bonds is 3. The van der Waals surface area contributed by atoms with E-state index < -0.39 is 0 Å². The fourth-order valence-corrected chi connectivity index (χ4v) is 2.72. The fourth-order valence-electron chi connectivity index (χ4n) is 1.67. The Morgan fingerprint density at radius 1 is 1.31 bits per heavy atom. The van der Waals surface area contributed by atoms with E-state index in [1.807, 2.05) is 12.4 Å². The van der Waals surface area contributed by atoms with Crippen LogP contribution in [0, 0.1) is 20.8 Å². The molecule has 0 spiro atoms. The lowest BCUT2D eigenvalue weighted by molar-refractivity contribution is 0.595. The predicted molar refractivity (Wildman–Crippen MR) is 70.0 cm³/mol. The van der Waals surface area contributed by atoms with E-state index in [1.165, 1.54) is 10.6 Å². The third-order valence-corrected chi connectivity index (χ3v) is 4.83. The minimum absolute atomic E-state index is 0.918.